The third-order valence-corrected chi connectivity index (χ3v) is 2.53. The predicted molar refractivity (Wildman–Crippen MR) is 60.3 cm³/mol. The Morgan fingerprint density at radius 1 is 0.938 bits per heavy atom. The van der Waals surface area contributed by atoms with E-state index in [2.05, 4.69) is 0 Å². The summed E-state index contributed by atoms with van der Waals surface area (Å²) in [5.41, 5.74) is 2.33. The van der Waals surface area contributed by atoms with E-state index in [0.717, 1.165) is 11.1 Å². The summed E-state index contributed by atoms with van der Waals surface area (Å²) in [7, 11) is 0. The average molecular weight is 218 g/mol. The second-order valence-electron chi connectivity index (χ2n) is 3.89. The van der Waals surface area contributed by atoms with Gasteiger partial charge in [0, 0.05) is 0 Å². The van der Waals surface area contributed by atoms with E-state index in [9.17, 15) is 8.78 Å². The number of hydrogen-bond acceptors (Lipinski definition) is 0. The highest BCUT2D eigenvalue weighted by atomic mass is 19.1. The van der Waals surface area contributed by atoms with E-state index >= 15 is 0 Å². The molecule has 2 aromatic carbocycles. The highest BCUT2D eigenvalue weighted by Gasteiger charge is 2.01. The molecule has 0 radical (unpaired) electrons. The zero-order chi connectivity index (χ0) is 11.5. The summed E-state index contributed by atoms with van der Waals surface area (Å²) in [6.07, 6.45) is 0.551. The van der Waals surface area contributed by atoms with Gasteiger partial charge in [0.25, 0.3) is 0 Å². The third-order valence-electron chi connectivity index (χ3n) is 2.53. The summed E-state index contributed by atoms with van der Waals surface area (Å²) in [6.45, 7) is 1.72. The summed E-state index contributed by atoms with van der Waals surface area (Å²) >= 11 is 0. The largest absolute Gasteiger partial charge is 0.207 e. The van der Waals surface area contributed by atoms with Gasteiger partial charge in [-0.2, -0.15) is 0 Å². The van der Waals surface area contributed by atoms with Crippen LogP contribution >= 0.6 is 0 Å². The van der Waals surface area contributed by atoms with Crippen LogP contribution in [0.1, 0.15) is 16.7 Å². The van der Waals surface area contributed by atoms with Crippen LogP contribution in [0.2, 0.25) is 0 Å². The lowest BCUT2D eigenvalue weighted by Crippen LogP contribution is -1.91. The maximum absolute atomic E-state index is 13.3. The van der Waals surface area contributed by atoms with Gasteiger partial charge in [-0.3, -0.25) is 0 Å². The van der Waals surface area contributed by atoms with Crippen LogP contribution in [-0.2, 0) is 6.42 Å². The third kappa shape index (κ3) is 2.45. The SMILES string of the molecule is Cc1ccc(Cc2cccc(F)c2)cc1F. The van der Waals surface area contributed by atoms with Crippen LogP contribution in [0.3, 0.4) is 0 Å². The summed E-state index contributed by atoms with van der Waals surface area (Å²) in [5.74, 6) is -0.473. The van der Waals surface area contributed by atoms with E-state index in [4.69, 9.17) is 0 Å². The van der Waals surface area contributed by atoms with Crippen molar-refractivity contribution >= 4 is 0 Å². The topological polar surface area (TPSA) is 0 Å². The first kappa shape index (κ1) is 10.8. The number of halogens is 2. The molecule has 0 saturated carbocycles. The van der Waals surface area contributed by atoms with Gasteiger partial charge in [0.1, 0.15) is 11.6 Å². The second-order valence-corrected chi connectivity index (χ2v) is 3.89. The summed E-state index contributed by atoms with van der Waals surface area (Å²) < 4.78 is 26.2. The maximum atomic E-state index is 13.3. The quantitative estimate of drug-likeness (QED) is 0.718. The van der Waals surface area contributed by atoms with E-state index in [0.29, 0.717) is 12.0 Å². The van der Waals surface area contributed by atoms with Crippen molar-refractivity contribution in [3.05, 3.63) is 70.8 Å². The molecular weight excluding hydrogens is 206 g/mol. The van der Waals surface area contributed by atoms with Crippen LogP contribution in [0.15, 0.2) is 42.5 Å². The van der Waals surface area contributed by atoms with Gasteiger partial charge in [0.2, 0.25) is 0 Å². The Morgan fingerprint density at radius 2 is 1.69 bits per heavy atom. The van der Waals surface area contributed by atoms with Crippen molar-refractivity contribution < 1.29 is 8.78 Å². The van der Waals surface area contributed by atoms with Gasteiger partial charge in [0.15, 0.2) is 0 Å². The van der Waals surface area contributed by atoms with Gasteiger partial charge < -0.3 is 0 Å². The minimum absolute atomic E-state index is 0.214. The first-order valence-corrected chi connectivity index (χ1v) is 5.14. The molecule has 0 nitrogen and oxygen atoms in total. The fourth-order valence-corrected chi connectivity index (χ4v) is 1.63. The number of aryl methyl sites for hydroxylation is 1. The minimum Gasteiger partial charge on any atom is -0.207 e. The molecule has 0 atom stereocenters. The molecule has 2 rings (SSSR count). The van der Waals surface area contributed by atoms with Crippen LogP contribution in [0.4, 0.5) is 8.78 Å². The Kier molecular flexibility index (Phi) is 3.00. The molecule has 2 heteroatoms. The minimum atomic E-state index is -0.259. The second kappa shape index (κ2) is 4.44. The first-order valence-electron chi connectivity index (χ1n) is 5.14. The van der Waals surface area contributed by atoms with Gasteiger partial charge >= 0.3 is 0 Å². The maximum Gasteiger partial charge on any atom is 0.126 e. The van der Waals surface area contributed by atoms with Gasteiger partial charge in [-0.1, -0.05) is 24.3 Å². The highest BCUT2D eigenvalue weighted by Crippen LogP contribution is 2.14. The fraction of sp³-hybridized carbons (Fsp3) is 0.143. The molecule has 0 saturated heterocycles. The highest BCUT2D eigenvalue weighted by molar-refractivity contribution is 5.29. The van der Waals surface area contributed by atoms with Crippen LogP contribution in [-0.4, -0.2) is 0 Å². The molecule has 0 N–H and O–H groups in total. The lowest BCUT2D eigenvalue weighted by atomic mass is 10.0. The molecule has 0 amide bonds. The monoisotopic (exact) mass is 218 g/mol. The van der Waals surface area contributed by atoms with Crippen molar-refractivity contribution in [3.63, 3.8) is 0 Å². The number of benzene rings is 2. The molecule has 16 heavy (non-hydrogen) atoms. The molecule has 2 aromatic rings. The molecule has 0 aliphatic carbocycles. The van der Waals surface area contributed by atoms with E-state index < -0.39 is 0 Å². The summed E-state index contributed by atoms with van der Waals surface area (Å²) in [4.78, 5) is 0. The average Bonchev–Trinajstić information content (AvgIpc) is 2.24. The Morgan fingerprint density at radius 3 is 2.38 bits per heavy atom. The molecule has 0 aromatic heterocycles. The molecule has 0 aliphatic rings. The first-order chi connectivity index (χ1) is 7.65. The predicted octanol–water partition coefficient (Wildman–Crippen LogP) is 3.86. The van der Waals surface area contributed by atoms with Crippen molar-refractivity contribution in [3.8, 4) is 0 Å². The van der Waals surface area contributed by atoms with Crippen molar-refractivity contribution in [2.75, 3.05) is 0 Å². The Balaban J connectivity index is 2.24. The Hall–Kier alpha value is -1.70. The standard InChI is InChI=1S/C14H12F2/c1-10-5-6-12(9-14(10)16)7-11-3-2-4-13(15)8-11/h2-6,8-9H,7H2,1H3. The summed E-state index contributed by atoms with van der Waals surface area (Å²) in [6, 6.07) is 11.5. The van der Waals surface area contributed by atoms with E-state index in [-0.39, 0.29) is 11.6 Å². The zero-order valence-corrected chi connectivity index (χ0v) is 9.00. The van der Waals surface area contributed by atoms with Crippen molar-refractivity contribution in [1.29, 1.82) is 0 Å². The van der Waals surface area contributed by atoms with E-state index in [1.165, 1.54) is 18.2 Å². The smallest absolute Gasteiger partial charge is 0.126 e. The van der Waals surface area contributed by atoms with Crippen LogP contribution in [0, 0.1) is 18.6 Å². The lowest BCUT2D eigenvalue weighted by Gasteiger charge is -2.03. The van der Waals surface area contributed by atoms with Crippen molar-refractivity contribution in [2.24, 2.45) is 0 Å². The Labute approximate surface area is 93.5 Å². The van der Waals surface area contributed by atoms with Gasteiger partial charge in [0.05, 0.1) is 0 Å². The van der Waals surface area contributed by atoms with E-state index in [1.54, 1.807) is 19.1 Å². The number of hydrogen-bond donors (Lipinski definition) is 0. The van der Waals surface area contributed by atoms with Gasteiger partial charge in [-0.25, -0.2) is 8.78 Å². The number of rotatable bonds is 2. The fourth-order valence-electron chi connectivity index (χ4n) is 1.63. The van der Waals surface area contributed by atoms with Crippen LogP contribution in [0.25, 0.3) is 0 Å². The molecule has 0 fully saturated rings. The zero-order valence-electron chi connectivity index (χ0n) is 9.00. The van der Waals surface area contributed by atoms with Gasteiger partial charge in [-0.15, -0.1) is 0 Å². The van der Waals surface area contributed by atoms with Crippen LogP contribution in [0.5, 0.6) is 0 Å². The van der Waals surface area contributed by atoms with Crippen molar-refractivity contribution in [2.45, 2.75) is 13.3 Å². The molecular formula is C14H12F2. The molecule has 0 unspecified atom stereocenters. The molecule has 0 heterocycles. The Bertz CT molecular complexity index is 504. The summed E-state index contributed by atoms with van der Waals surface area (Å²) in [5, 5.41) is 0. The van der Waals surface area contributed by atoms with E-state index in [1.807, 2.05) is 12.1 Å². The van der Waals surface area contributed by atoms with Crippen LogP contribution < -0.4 is 0 Å². The molecule has 82 valence electrons. The molecule has 0 aliphatic heterocycles. The van der Waals surface area contributed by atoms with Crippen molar-refractivity contribution in [1.82, 2.24) is 0 Å². The lowest BCUT2D eigenvalue weighted by molar-refractivity contribution is 0.616. The molecule has 0 bridgehead atoms. The normalized spacial score (nSPS) is 10.4. The molecule has 0 spiro atoms. The van der Waals surface area contributed by atoms with Gasteiger partial charge in [-0.05, 0) is 48.2 Å².